The first-order valence-electron chi connectivity index (χ1n) is 5.50. The average Bonchev–Trinajstić information content (AvgIpc) is 2.91. The number of amides is 1. The first-order chi connectivity index (χ1) is 9.13. The summed E-state index contributed by atoms with van der Waals surface area (Å²) in [5, 5.41) is 16.4. The van der Waals surface area contributed by atoms with Gasteiger partial charge in [0.2, 0.25) is 0 Å². The monoisotopic (exact) mass is 281 g/mol. The number of aromatic nitrogens is 4. The van der Waals surface area contributed by atoms with Crippen molar-refractivity contribution in [3.8, 4) is 5.82 Å². The van der Waals surface area contributed by atoms with Crippen LogP contribution in [0.1, 0.15) is 10.4 Å². The summed E-state index contributed by atoms with van der Waals surface area (Å²) in [6.07, 6.45) is 4.36. The molecule has 0 spiro atoms. The number of carbonyl (C=O) groups is 1. The van der Waals surface area contributed by atoms with Crippen LogP contribution in [0.15, 0.2) is 24.9 Å². The number of carbonyl (C=O) groups excluding carboxylic acids is 1. The topological polar surface area (TPSA) is 84.1 Å². The number of nitrogens with zero attached hydrogens (tertiary/aromatic N) is 5. The number of pyridine rings is 1. The van der Waals surface area contributed by atoms with Gasteiger partial charge < -0.3 is 10.0 Å². The Balaban J connectivity index is 2.26. The minimum absolute atomic E-state index is 0.0950. The summed E-state index contributed by atoms with van der Waals surface area (Å²) in [5.41, 5.74) is 0.359. The standard InChI is InChI=1S/C11H12ClN5O2/c1-16(2-3-18)11(19)8-4-9(12)10(13-5-8)17-6-14-15-7-17/h4-7,18H,2-3H2,1H3. The predicted molar refractivity (Wildman–Crippen MR) is 68.2 cm³/mol. The van der Waals surface area contributed by atoms with E-state index in [1.165, 1.54) is 29.8 Å². The van der Waals surface area contributed by atoms with Crippen molar-refractivity contribution < 1.29 is 9.90 Å². The molecule has 0 saturated heterocycles. The molecule has 0 saturated carbocycles. The second-order valence-corrected chi connectivity index (χ2v) is 4.26. The lowest BCUT2D eigenvalue weighted by molar-refractivity contribution is 0.0766. The summed E-state index contributed by atoms with van der Waals surface area (Å²) in [6, 6.07) is 1.53. The Morgan fingerprint density at radius 3 is 2.74 bits per heavy atom. The first kappa shape index (κ1) is 13.4. The van der Waals surface area contributed by atoms with Crippen LogP contribution in [0.5, 0.6) is 0 Å². The van der Waals surface area contributed by atoms with Gasteiger partial charge in [-0.25, -0.2) is 4.98 Å². The summed E-state index contributed by atoms with van der Waals surface area (Å²) >= 11 is 6.09. The van der Waals surface area contributed by atoms with E-state index in [0.29, 0.717) is 16.4 Å². The maximum absolute atomic E-state index is 12.0. The van der Waals surface area contributed by atoms with Crippen molar-refractivity contribution in [2.24, 2.45) is 0 Å². The number of likely N-dealkylation sites (N-methyl/N-ethyl adjacent to an activating group) is 1. The minimum Gasteiger partial charge on any atom is -0.395 e. The molecule has 7 nitrogen and oxygen atoms in total. The van der Waals surface area contributed by atoms with E-state index < -0.39 is 0 Å². The van der Waals surface area contributed by atoms with Crippen LogP contribution in [0, 0.1) is 0 Å². The molecule has 0 fully saturated rings. The van der Waals surface area contributed by atoms with Crippen LogP contribution < -0.4 is 0 Å². The summed E-state index contributed by atoms with van der Waals surface area (Å²) in [5.74, 6) is 0.201. The largest absolute Gasteiger partial charge is 0.395 e. The molecule has 19 heavy (non-hydrogen) atoms. The molecule has 2 heterocycles. The van der Waals surface area contributed by atoms with E-state index in [0.717, 1.165) is 0 Å². The second-order valence-electron chi connectivity index (χ2n) is 3.85. The lowest BCUT2D eigenvalue weighted by Crippen LogP contribution is -2.29. The zero-order valence-corrected chi connectivity index (χ0v) is 10.9. The first-order valence-corrected chi connectivity index (χ1v) is 5.88. The molecule has 2 aromatic heterocycles. The van der Waals surface area contributed by atoms with Gasteiger partial charge in [-0.3, -0.25) is 9.36 Å². The van der Waals surface area contributed by atoms with E-state index in [1.807, 2.05) is 0 Å². The van der Waals surface area contributed by atoms with Gasteiger partial charge in [-0.2, -0.15) is 0 Å². The lowest BCUT2D eigenvalue weighted by Gasteiger charge is -2.15. The number of aliphatic hydroxyl groups excluding tert-OH is 1. The molecule has 0 aromatic carbocycles. The molecule has 0 unspecified atom stereocenters. The van der Waals surface area contributed by atoms with Crippen LogP contribution in [0.2, 0.25) is 5.02 Å². The van der Waals surface area contributed by atoms with Gasteiger partial charge in [-0.05, 0) is 6.07 Å². The van der Waals surface area contributed by atoms with E-state index in [9.17, 15) is 4.79 Å². The van der Waals surface area contributed by atoms with Gasteiger partial charge in [0.15, 0.2) is 5.82 Å². The van der Waals surface area contributed by atoms with Gasteiger partial charge in [-0.15, -0.1) is 10.2 Å². The van der Waals surface area contributed by atoms with Gasteiger partial charge in [0, 0.05) is 19.8 Å². The highest BCUT2D eigenvalue weighted by molar-refractivity contribution is 6.32. The number of hydrogen-bond donors (Lipinski definition) is 1. The fourth-order valence-electron chi connectivity index (χ4n) is 1.52. The van der Waals surface area contributed by atoms with E-state index in [1.54, 1.807) is 11.6 Å². The Bertz CT molecular complexity index is 572. The maximum atomic E-state index is 12.0. The Labute approximate surface area is 114 Å². The molecule has 100 valence electrons. The summed E-state index contributed by atoms with van der Waals surface area (Å²) < 4.78 is 1.55. The Hall–Kier alpha value is -1.99. The Kier molecular flexibility index (Phi) is 4.08. The fraction of sp³-hybridized carbons (Fsp3) is 0.273. The molecule has 1 amide bonds. The third-order valence-electron chi connectivity index (χ3n) is 2.51. The predicted octanol–water partition coefficient (Wildman–Crippen LogP) is 0.380. The number of halogens is 1. The molecule has 0 aliphatic rings. The van der Waals surface area contributed by atoms with Crippen molar-refractivity contribution >= 4 is 17.5 Å². The molecule has 0 aliphatic heterocycles. The van der Waals surface area contributed by atoms with Crippen LogP contribution in [0.3, 0.4) is 0 Å². The SMILES string of the molecule is CN(CCO)C(=O)c1cnc(-n2cnnc2)c(Cl)c1. The van der Waals surface area contributed by atoms with Gasteiger partial charge in [-0.1, -0.05) is 11.6 Å². The zero-order valence-electron chi connectivity index (χ0n) is 10.2. The van der Waals surface area contributed by atoms with Gasteiger partial charge >= 0.3 is 0 Å². The van der Waals surface area contributed by atoms with Crippen molar-refractivity contribution in [2.75, 3.05) is 20.2 Å². The molecule has 8 heteroatoms. The maximum Gasteiger partial charge on any atom is 0.255 e. The second kappa shape index (κ2) is 5.77. The third-order valence-corrected chi connectivity index (χ3v) is 2.79. The Morgan fingerprint density at radius 2 is 2.16 bits per heavy atom. The molecule has 1 N–H and O–H groups in total. The Morgan fingerprint density at radius 1 is 1.47 bits per heavy atom. The smallest absolute Gasteiger partial charge is 0.255 e. The average molecular weight is 282 g/mol. The zero-order chi connectivity index (χ0) is 13.8. The quantitative estimate of drug-likeness (QED) is 0.876. The number of aliphatic hydroxyl groups is 1. The molecule has 0 aliphatic carbocycles. The van der Waals surface area contributed by atoms with Crippen LogP contribution in [-0.4, -0.2) is 55.9 Å². The molecule has 0 bridgehead atoms. The highest BCUT2D eigenvalue weighted by Crippen LogP contribution is 2.19. The van der Waals surface area contributed by atoms with E-state index in [-0.39, 0.29) is 19.1 Å². The summed E-state index contributed by atoms with van der Waals surface area (Å²) in [4.78, 5) is 17.5. The van der Waals surface area contributed by atoms with Crippen LogP contribution in [-0.2, 0) is 0 Å². The number of rotatable bonds is 4. The lowest BCUT2D eigenvalue weighted by atomic mass is 10.2. The fourth-order valence-corrected chi connectivity index (χ4v) is 1.78. The minimum atomic E-state index is -0.251. The molecular weight excluding hydrogens is 270 g/mol. The summed E-state index contributed by atoms with van der Waals surface area (Å²) in [7, 11) is 1.60. The molecule has 0 atom stereocenters. The normalized spacial score (nSPS) is 10.5. The van der Waals surface area contributed by atoms with Crippen molar-refractivity contribution in [2.45, 2.75) is 0 Å². The van der Waals surface area contributed by atoms with Crippen molar-refractivity contribution in [3.05, 3.63) is 35.5 Å². The summed E-state index contributed by atoms with van der Waals surface area (Å²) in [6.45, 7) is 0.159. The van der Waals surface area contributed by atoms with E-state index >= 15 is 0 Å². The van der Waals surface area contributed by atoms with Gasteiger partial charge in [0.05, 0.1) is 17.2 Å². The molecular formula is C11H12ClN5O2. The van der Waals surface area contributed by atoms with Crippen molar-refractivity contribution in [1.82, 2.24) is 24.6 Å². The molecule has 2 aromatic rings. The molecule has 0 radical (unpaired) electrons. The van der Waals surface area contributed by atoms with Crippen LogP contribution >= 0.6 is 11.6 Å². The van der Waals surface area contributed by atoms with Gasteiger partial charge in [0.25, 0.3) is 5.91 Å². The van der Waals surface area contributed by atoms with Gasteiger partial charge in [0.1, 0.15) is 12.7 Å². The highest BCUT2D eigenvalue weighted by Gasteiger charge is 2.14. The van der Waals surface area contributed by atoms with Crippen LogP contribution in [0.4, 0.5) is 0 Å². The highest BCUT2D eigenvalue weighted by atomic mass is 35.5. The molecule has 2 rings (SSSR count). The van der Waals surface area contributed by atoms with Crippen LogP contribution in [0.25, 0.3) is 5.82 Å². The van der Waals surface area contributed by atoms with Crippen molar-refractivity contribution in [1.29, 1.82) is 0 Å². The number of hydrogen-bond acceptors (Lipinski definition) is 5. The van der Waals surface area contributed by atoms with E-state index in [2.05, 4.69) is 15.2 Å². The third kappa shape index (κ3) is 2.88. The van der Waals surface area contributed by atoms with E-state index in [4.69, 9.17) is 16.7 Å². The van der Waals surface area contributed by atoms with Crippen molar-refractivity contribution in [3.63, 3.8) is 0 Å².